The summed E-state index contributed by atoms with van der Waals surface area (Å²) in [5.74, 6) is 0. The molecule has 164 valence electrons. The highest BCUT2D eigenvalue weighted by Gasteiger charge is 2.36. The first-order chi connectivity index (χ1) is 14.0. The number of halogens is 3. The number of alkyl halides is 3. The van der Waals surface area contributed by atoms with Crippen molar-refractivity contribution in [3.63, 3.8) is 0 Å². The Morgan fingerprint density at radius 1 is 0.867 bits per heavy atom. The lowest BCUT2D eigenvalue weighted by Gasteiger charge is -2.25. The lowest BCUT2D eigenvalue weighted by atomic mass is 10.2. The molecular formula is C19H21F3N2O4S2. The number of nitrogens with zero attached hydrogens (tertiary/aromatic N) is 1. The fourth-order valence-corrected chi connectivity index (χ4v) is 5.99. The molecule has 1 fully saturated rings. The maximum absolute atomic E-state index is 13.1. The van der Waals surface area contributed by atoms with Crippen LogP contribution >= 0.6 is 0 Å². The van der Waals surface area contributed by atoms with Crippen molar-refractivity contribution in [2.24, 2.45) is 0 Å². The van der Waals surface area contributed by atoms with Gasteiger partial charge < -0.3 is 0 Å². The number of piperidine rings is 1. The van der Waals surface area contributed by atoms with Crippen molar-refractivity contribution in [2.75, 3.05) is 13.1 Å². The van der Waals surface area contributed by atoms with Crippen LogP contribution in [0.2, 0.25) is 0 Å². The van der Waals surface area contributed by atoms with Gasteiger partial charge in [-0.15, -0.1) is 0 Å². The Bertz CT molecular complexity index is 1090. The number of hydrogen-bond donors (Lipinski definition) is 1. The normalized spacial score (nSPS) is 16.5. The van der Waals surface area contributed by atoms with E-state index in [1.807, 2.05) is 0 Å². The molecule has 0 saturated carbocycles. The van der Waals surface area contributed by atoms with Gasteiger partial charge in [-0.05, 0) is 42.7 Å². The Balaban J connectivity index is 1.74. The minimum absolute atomic E-state index is 0.0958. The zero-order chi connectivity index (χ0) is 22.0. The summed E-state index contributed by atoms with van der Waals surface area (Å²) in [7, 11) is -8.04. The van der Waals surface area contributed by atoms with Gasteiger partial charge in [0, 0.05) is 19.6 Å². The molecule has 0 bridgehead atoms. The van der Waals surface area contributed by atoms with E-state index in [-0.39, 0.29) is 11.4 Å². The average Bonchev–Trinajstić information content (AvgIpc) is 2.73. The molecule has 3 rings (SSSR count). The first kappa shape index (κ1) is 22.7. The Labute approximate surface area is 173 Å². The molecular weight excluding hydrogens is 441 g/mol. The quantitative estimate of drug-likeness (QED) is 0.714. The lowest BCUT2D eigenvalue weighted by molar-refractivity contribution is -0.139. The molecule has 2 aromatic carbocycles. The monoisotopic (exact) mass is 462 g/mol. The Hall–Kier alpha value is -1.95. The van der Waals surface area contributed by atoms with E-state index in [1.165, 1.54) is 34.6 Å². The number of hydrogen-bond acceptors (Lipinski definition) is 4. The van der Waals surface area contributed by atoms with Crippen LogP contribution in [0.5, 0.6) is 0 Å². The lowest BCUT2D eigenvalue weighted by Crippen LogP contribution is -2.35. The Kier molecular flexibility index (Phi) is 6.56. The van der Waals surface area contributed by atoms with E-state index in [9.17, 15) is 30.0 Å². The van der Waals surface area contributed by atoms with Crippen molar-refractivity contribution in [1.29, 1.82) is 0 Å². The molecule has 0 atom stereocenters. The van der Waals surface area contributed by atoms with Crippen LogP contribution < -0.4 is 4.72 Å². The van der Waals surface area contributed by atoms with E-state index in [0.717, 1.165) is 31.4 Å². The van der Waals surface area contributed by atoms with Gasteiger partial charge in [-0.1, -0.05) is 30.7 Å². The number of nitrogens with one attached hydrogen (secondary N) is 1. The first-order valence-electron chi connectivity index (χ1n) is 9.27. The van der Waals surface area contributed by atoms with Gasteiger partial charge in [0.25, 0.3) is 0 Å². The van der Waals surface area contributed by atoms with Crippen LogP contribution in [0.3, 0.4) is 0 Å². The van der Waals surface area contributed by atoms with Gasteiger partial charge in [-0.2, -0.15) is 17.5 Å². The molecule has 1 N–H and O–H groups in total. The summed E-state index contributed by atoms with van der Waals surface area (Å²) in [4.78, 5) is -0.764. The zero-order valence-electron chi connectivity index (χ0n) is 15.9. The molecule has 0 aromatic heterocycles. The fourth-order valence-electron chi connectivity index (χ4n) is 3.22. The minimum Gasteiger partial charge on any atom is -0.207 e. The van der Waals surface area contributed by atoms with E-state index in [1.54, 1.807) is 0 Å². The third-order valence-corrected chi connectivity index (χ3v) is 8.20. The van der Waals surface area contributed by atoms with Gasteiger partial charge in [0.2, 0.25) is 20.0 Å². The molecule has 0 spiro atoms. The van der Waals surface area contributed by atoms with Crippen molar-refractivity contribution in [3.05, 3.63) is 59.7 Å². The molecule has 0 unspecified atom stereocenters. The second kappa shape index (κ2) is 8.66. The van der Waals surface area contributed by atoms with Crippen molar-refractivity contribution >= 4 is 20.0 Å². The molecule has 6 nitrogen and oxygen atoms in total. The summed E-state index contributed by atoms with van der Waals surface area (Å²) in [5, 5.41) is 0. The maximum Gasteiger partial charge on any atom is 0.417 e. The van der Waals surface area contributed by atoms with Crippen molar-refractivity contribution in [1.82, 2.24) is 9.03 Å². The second-order valence-electron chi connectivity index (χ2n) is 6.93. The SMILES string of the molecule is O=S(=O)(NCc1ccc(S(=O)(=O)N2CCCCC2)cc1)c1ccccc1C(F)(F)F. The van der Waals surface area contributed by atoms with Crippen molar-refractivity contribution < 1.29 is 30.0 Å². The zero-order valence-corrected chi connectivity index (χ0v) is 17.5. The van der Waals surface area contributed by atoms with Gasteiger partial charge in [0.05, 0.1) is 15.4 Å². The number of rotatable bonds is 6. The van der Waals surface area contributed by atoms with Crippen molar-refractivity contribution in [3.8, 4) is 0 Å². The van der Waals surface area contributed by atoms with Crippen LogP contribution in [0.4, 0.5) is 13.2 Å². The van der Waals surface area contributed by atoms with Crippen LogP contribution in [0.15, 0.2) is 58.3 Å². The smallest absolute Gasteiger partial charge is 0.207 e. The first-order valence-corrected chi connectivity index (χ1v) is 12.2. The maximum atomic E-state index is 13.1. The minimum atomic E-state index is -4.81. The highest BCUT2D eigenvalue weighted by molar-refractivity contribution is 7.89. The van der Waals surface area contributed by atoms with Gasteiger partial charge in [0.1, 0.15) is 0 Å². The summed E-state index contributed by atoms with van der Waals surface area (Å²) in [5.41, 5.74) is -0.832. The van der Waals surface area contributed by atoms with E-state index < -0.39 is 36.7 Å². The summed E-state index contributed by atoms with van der Waals surface area (Å²) in [6.45, 7) is 0.642. The number of sulfonamides is 2. The van der Waals surface area contributed by atoms with Gasteiger partial charge in [-0.3, -0.25) is 0 Å². The second-order valence-corrected chi connectivity index (χ2v) is 10.6. The molecule has 1 saturated heterocycles. The molecule has 1 aliphatic heterocycles. The standard InChI is InChI=1S/C19H21F3N2O4S2/c20-19(21,22)17-6-2-3-7-18(17)29(25,26)23-14-15-8-10-16(11-9-15)30(27,28)24-12-4-1-5-13-24/h2-3,6-11,23H,1,4-5,12-14H2. The predicted molar refractivity (Wildman–Crippen MR) is 105 cm³/mol. The highest BCUT2D eigenvalue weighted by Crippen LogP contribution is 2.33. The molecule has 0 radical (unpaired) electrons. The van der Waals surface area contributed by atoms with Crippen molar-refractivity contribution in [2.45, 2.75) is 41.8 Å². The van der Waals surface area contributed by atoms with Gasteiger partial charge >= 0.3 is 6.18 Å². The molecule has 30 heavy (non-hydrogen) atoms. The van der Waals surface area contributed by atoms with Gasteiger partial charge in [0.15, 0.2) is 0 Å². The van der Waals surface area contributed by atoms with Crippen LogP contribution in [0.25, 0.3) is 0 Å². The van der Waals surface area contributed by atoms with E-state index >= 15 is 0 Å². The summed E-state index contributed by atoms with van der Waals surface area (Å²) in [6.07, 6.45) is -2.21. The van der Waals surface area contributed by atoms with Crippen LogP contribution in [-0.4, -0.2) is 34.2 Å². The van der Waals surface area contributed by atoms with Crippen LogP contribution in [0.1, 0.15) is 30.4 Å². The Morgan fingerprint density at radius 3 is 2.07 bits per heavy atom. The van der Waals surface area contributed by atoms with Crippen LogP contribution in [0, 0.1) is 0 Å². The summed E-state index contributed by atoms with van der Waals surface area (Å²) in [6, 6.07) is 9.54. The summed E-state index contributed by atoms with van der Waals surface area (Å²) < 4.78 is 92.9. The largest absolute Gasteiger partial charge is 0.417 e. The third kappa shape index (κ3) is 5.02. The topological polar surface area (TPSA) is 83.5 Å². The highest BCUT2D eigenvalue weighted by atomic mass is 32.2. The molecule has 1 heterocycles. The van der Waals surface area contributed by atoms with E-state index in [0.29, 0.717) is 24.7 Å². The Morgan fingerprint density at radius 2 is 1.47 bits per heavy atom. The molecule has 2 aromatic rings. The fraction of sp³-hybridized carbons (Fsp3) is 0.368. The van der Waals surface area contributed by atoms with E-state index in [2.05, 4.69) is 4.72 Å². The third-order valence-electron chi connectivity index (χ3n) is 4.82. The molecule has 0 aliphatic carbocycles. The molecule has 0 amide bonds. The average molecular weight is 463 g/mol. The molecule has 1 aliphatic rings. The summed E-state index contributed by atoms with van der Waals surface area (Å²) >= 11 is 0. The van der Waals surface area contributed by atoms with E-state index in [4.69, 9.17) is 0 Å². The molecule has 11 heteroatoms. The van der Waals surface area contributed by atoms with Crippen LogP contribution in [-0.2, 0) is 32.8 Å². The number of benzene rings is 2. The predicted octanol–water partition coefficient (Wildman–Crippen LogP) is 3.36. The van der Waals surface area contributed by atoms with Gasteiger partial charge in [-0.25, -0.2) is 21.6 Å².